The summed E-state index contributed by atoms with van der Waals surface area (Å²) in [5.74, 6) is 0.875. The highest BCUT2D eigenvalue weighted by atomic mass is 16.5. The van der Waals surface area contributed by atoms with Gasteiger partial charge in [-0.1, -0.05) is 43.3 Å². The van der Waals surface area contributed by atoms with Gasteiger partial charge in [-0.05, 0) is 75.0 Å². The molecule has 0 spiro atoms. The number of anilines is 1. The summed E-state index contributed by atoms with van der Waals surface area (Å²) in [5, 5.41) is 22.8. The predicted molar refractivity (Wildman–Crippen MR) is 145 cm³/mol. The summed E-state index contributed by atoms with van der Waals surface area (Å²) in [6.45, 7) is 6.76. The first-order valence-electron chi connectivity index (χ1n) is 13.5. The Labute approximate surface area is 214 Å². The summed E-state index contributed by atoms with van der Waals surface area (Å²) < 4.78 is 6.04. The van der Waals surface area contributed by atoms with Crippen LogP contribution in [0.15, 0.2) is 60.7 Å². The molecular formula is C31H37N3O2. The Balaban J connectivity index is 1.15. The Hall–Kier alpha value is -3.07. The summed E-state index contributed by atoms with van der Waals surface area (Å²) in [7, 11) is 0. The number of aliphatic hydroxyl groups is 1. The standard InChI is InChI=1S/C31H37N3O2/c1-2-29(33-18-5-6-19-33)24-9-12-26(13-10-24)36-22-17-31(35)15-20-34(21-16-31)30-14-11-25(23-32)27-7-3-4-8-28(27)30/h3-4,7-14,29,35H,2,5-6,15-22H2,1H3. The van der Waals surface area contributed by atoms with Crippen LogP contribution in [-0.2, 0) is 0 Å². The lowest BCUT2D eigenvalue weighted by atomic mass is 9.88. The maximum Gasteiger partial charge on any atom is 0.119 e. The first-order valence-corrected chi connectivity index (χ1v) is 13.5. The second kappa shape index (κ2) is 10.9. The molecule has 36 heavy (non-hydrogen) atoms. The monoisotopic (exact) mass is 483 g/mol. The topological polar surface area (TPSA) is 59.7 Å². The predicted octanol–water partition coefficient (Wildman–Crippen LogP) is 6.06. The molecule has 0 aromatic heterocycles. The summed E-state index contributed by atoms with van der Waals surface area (Å²) in [6, 6.07) is 23.4. The SMILES string of the molecule is CCC(c1ccc(OCCC2(O)CCN(c3ccc(C#N)c4ccccc34)CC2)cc1)N1CCCC1. The lowest BCUT2D eigenvalue weighted by molar-refractivity contribution is -0.00264. The molecule has 3 aromatic carbocycles. The molecule has 2 saturated heterocycles. The molecule has 2 aliphatic rings. The molecule has 0 amide bonds. The Morgan fingerprint density at radius 2 is 1.64 bits per heavy atom. The van der Waals surface area contributed by atoms with Gasteiger partial charge >= 0.3 is 0 Å². The fourth-order valence-corrected chi connectivity index (χ4v) is 5.97. The number of ether oxygens (including phenoxy) is 1. The van der Waals surface area contributed by atoms with E-state index >= 15 is 0 Å². The van der Waals surface area contributed by atoms with Gasteiger partial charge in [0, 0.05) is 42.0 Å². The van der Waals surface area contributed by atoms with Crippen LogP contribution < -0.4 is 9.64 Å². The lowest BCUT2D eigenvalue weighted by Crippen LogP contribution is -2.45. The fraction of sp³-hybridized carbons (Fsp3) is 0.452. The van der Waals surface area contributed by atoms with Crippen molar-refractivity contribution in [3.8, 4) is 11.8 Å². The van der Waals surface area contributed by atoms with E-state index in [1.54, 1.807) is 0 Å². The Kier molecular flexibility index (Phi) is 7.46. The van der Waals surface area contributed by atoms with Crippen LogP contribution in [0.25, 0.3) is 10.8 Å². The van der Waals surface area contributed by atoms with Crippen LogP contribution >= 0.6 is 0 Å². The number of likely N-dealkylation sites (tertiary alicyclic amines) is 1. The van der Waals surface area contributed by atoms with Crippen molar-refractivity contribution in [3.05, 3.63) is 71.8 Å². The quantitative estimate of drug-likeness (QED) is 0.422. The van der Waals surface area contributed by atoms with Crippen LogP contribution in [0.4, 0.5) is 5.69 Å². The van der Waals surface area contributed by atoms with Gasteiger partial charge in [0.05, 0.1) is 23.8 Å². The van der Waals surface area contributed by atoms with Crippen molar-refractivity contribution in [1.82, 2.24) is 4.90 Å². The van der Waals surface area contributed by atoms with E-state index in [1.807, 2.05) is 30.3 Å². The molecule has 5 rings (SSSR count). The largest absolute Gasteiger partial charge is 0.493 e. The third kappa shape index (κ3) is 5.21. The van der Waals surface area contributed by atoms with Crippen LogP contribution in [0, 0.1) is 11.3 Å². The first-order chi connectivity index (χ1) is 17.6. The van der Waals surface area contributed by atoms with Crippen molar-refractivity contribution in [2.24, 2.45) is 0 Å². The second-order valence-electron chi connectivity index (χ2n) is 10.3. The van der Waals surface area contributed by atoms with E-state index in [-0.39, 0.29) is 0 Å². The van der Waals surface area contributed by atoms with Gasteiger partial charge in [0.2, 0.25) is 0 Å². The summed E-state index contributed by atoms with van der Waals surface area (Å²) in [5.41, 5.74) is 2.51. The summed E-state index contributed by atoms with van der Waals surface area (Å²) in [6.07, 6.45) is 5.78. The third-order valence-electron chi connectivity index (χ3n) is 8.13. The highest BCUT2D eigenvalue weighted by Crippen LogP contribution is 2.34. The minimum Gasteiger partial charge on any atom is -0.493 e. The number of rotatable bonds is 8. The number of nitriles is 1. The van der Waals surface area contributed by atoms with Gasteiger partial charge in [-0.15, -0.1) is 0 Å². The van der Waals surface area contributed by atoms with Crippen molar-refractivity contribution >= 4 is 16.5 Å². The molecule has 1 N–H and O–H groups in total. The average molecular weight is 484 g/mol. The molecule has 2 heterocycles. The molecule has 3 aromatic rings. The molecular weight excluding hydrogens is 446 g/mol. The average Bonchev–Trinajstić information content (AvgIpc) is 3.45. The number of hydrogen-bond acceptors (Lipinski definition) is 5. The van der Waals surface area contributed by atoms with Crippen molar-refractivity contribution < 1.29 is 9.84 Å². The smallest absolute Gasteiger partial charge is 0.119 e. The van der Waals surface area contributed by atoms with Crippen LogP contribution in [0.2, 0.25) is 0 Å². The fourth-order valence-electron chi connectivity index (χ4n) is 5.97. The third-order valence-corrected chi connectivity index (χ3v) is 8.13. The van der Waals surface area contributed by atoms with Crippen LogP contribution in [0.3, 0.4) is 0 Å². The minimum absolute atomic E-state index is 0.501. The van der Waals surface area contributed by atoms with Gasteiger partial charge in [0.25, 0.3) is 0 Å². The van der Waals surface area contributed by atoms with E-state index in [0.717, 1.165) is 41.7 Å². The molecule has 2 fully saturated rings. The lowest BCUT2D eigenvalue weighted by Gasteiger charge is -2.39. The molecule has 0 saturated carbocycles. The molecule has 0 radical (unpaired) electrons. The zero-order valence-corrected chi connectivity index (χ0v) is 21.3. The Morgan fingerprint density at radius 3 is 2.31 bits per heavy atom. The van der Waals surface area contributed by atoms with Gasteiger partial charge in [-0.3, -0.25) is 4.90 Å². The van der Waals surface area contributed by atoms with Gasteiger partial charge in [0.15, 0.2) is 0 Å². The second-order valence-corrected chi connectivity index (χ2v) is 10.3. The molecule has 5 heteroatoms. The van der Waals surface area contributed by atoms with Crippen molar-refractivity contribution in [1.29, 1.82) is 5.26 Å². The molecule has 188 valence electrons. The van der Waals surface area contributed by atoms with Gasteiger partial charge in [0.1, 0.15) is 5.75 Å². The first kappa shape index (κ1) is 24.6. The number of nitrogens with zero attached hydrogens (tertiary/aromatic N) is 3. The zero-order chi connectivity index (χ0) is 25.0. The molecule has 0 aliphatic carbocycles. The van der Waals surface area contributed by atoms with Gasteiger partial charge in [-0.25, -0.2) is 0 Å². The highest BCUT2D eigenvalue weighted by Gasteiger charge is 2.33. The number of fused-ring (bicyclic) bond motifs is 1. The van der Waals surface area contributed by atoms with Crippen LogP contribution in [0.1, 0.15) is 62.6 Å². The van der Waals surface area contributed by atoms with Gasteiger partial charge in [-0.2, -0.15) is 5.26 Å². The molecule has 2 aliphatic heterocycles. The Morgan fingerprint density at radius 1 is 0.944 bits per heavy atom. The van der Waals surface area contributed by atoms with E-state index in [9.17, 15) is 10.4 Å². The summed E-state index contributed by atoms with van der Waals surface area (Å²) in [4.78, 5) is 4.93. The van der Waals surface area contributed by atoms with Crippen molar-refractivity contribution in [3.63, 3.8) is 0 Å². The molecule has 1 atom stereocenters. The van der Waals surface area contributed by atoms with Crippen LogP contribution in [0.5, 0.6) is 5.75 Å². The van der Waals surface area contributed by atoms with E-state index in [0.29, 0.717) is 37.5 Å². The highest BCUT2D eigenvalue weighted by molar-refractivity contribution is 5.97. The maximum atomic E-state index is 11.2. The van der Waals surface area contributed by atoms with E-state index in [2.05, 4.69) is 53.1 Å². The van der Waals surface area contributed by atoms with E-state index < -0.39 is 5.60 Å². The summed E-state index contributed by atoms with van der Waals surface area (Å²) >= 11 is 0. The van der Waals surface area contributed by atoms with Crippen molar-refractivity contribution in [2.75, 3.05) is 37.7 Å². The normalized spacial score (nSPS) is 18.8. The van der Waals surface area contributed by atoms with E-state index in [1.165, 1.54) is 31.5 Å². The molecule has 1 unspecified atom stereocenters. The minimum atomic E-state index is -0.706. The van der Waals surface area contributed by atoms with Crippen molar-refractivity contribution in [2.45, 2.75) is 57.1 Å². The molecule has 5 nitrogen and oxygen atoms in total. The zero-order valence-electron chi connectivity index (χ0n) is 21.3. The number of benzene rings is 3. The van der Waals surface area contributed by atoms with Gasteiger partial charge < -0.3 is 14.7 Å². The Bertz CT molecular complexity index is 1200. The number of hydrogen-bond donors (Lipinski definition) is 1. The van der Waals surface area contributed by atoms with E-state index in [4.69, 9.17) is 4.74 Å². The maximum absolute atomic E-state index is 11.2. The van der Waals surface area contributed by atoms with Crippen LogP contribution in [-0.4, -0.2) is 48.4 Å². The number of piperidine rings is 1. The molecule has 0 bridgehead atoms.